The summed E-state index contributed by atoms with van der Waals surface area (Å²) in [5.74, 6) is 0. The second-order valence-electron chi connectivity index (χ2n) is 6.73. The largest absolute Gasteiger partial charge is 0.306 e. The molecule has 19 heavy (non-hydrogen) atoms. The van der Waals surface area contributed by atoms with Gasteiger partial charge in [0.05, 0.1) is 0 Å². The van der Waals surface area contributed by atoms with Crippen LogP contribution in [-0.2, 0) is 0 Å². The average molecular weight is 269 g/mol. The minimum atomic E-state index is 0.732. The Labute approximate surface area is 120 Å². The molecular formula is C16H35N3. The zero-order valence-corrected chi connectivity index (χ0v) is 14.0. The van der Waals surface area contributed by atoms with E-state index in [2.05, 4.69) is 56.9 Å². The molecular weight excluding hydrogens is 234 g/mol. The Kier molecular flexibility index (Phi) is 7.33. The fraction of sp³-hybridized carbons (Fsp3) is 1.00. The highest BCUT2D eigenvalue weighted by atomic mass is 15.2. The van der Waals surface area contributed by atoms with Gasteiger partial charge in [-0.1, -0.05) is 13.3 Å². The molecule has 114 valence electrons. The molecule has 1 aliphatic rings. The molecule has 0 aromatic carbocycles. The van der Waals surface area contributed by atoms with Crippen molar-refractivity contribution in [3.05, 3.63) is 0 Å². The molecule has 0 amide bonds. The van der Waals surface area contributed by atoms with E-state index in [4.69, 9.17) is 0 Å². The van der Waals surface area contributed by atoms with E-state index >= 15 is 0 Å². The smallest absolute Gasteiger partial charge is 0.0107 e. The lowest BCUT2D eigenvalue weighted by molar-refractivity contribution is 0.118. The molecule has 0 N–H and O–H groups in total. The van der Waals surface area contributed by atoms with Crippen molar-refractivity contribution in [3.8, 4) is 0 Å². The van der Waals surface area contributed by atoms with Gasteiger partial charge in [-0.05, 0) is 73.9 Å². The molecule has 3 nitrogen and oxygen atoms in total. The lowest BCUT2D eigenvalue weighted by atomic mass is 9.89. The Hall–Kier alpha value is -0.120. The van der Waals surface area contributed by atoms with Gasteiger partial charge in [0.2, 0.25) is 0 Å². The normalized spacial score (nSPS) is 26.4. The molecule has 0 spiro atoms. The Morgan fingerprint density at radius 1 is 1.00 bits per heavy atom. The van der Waals surface area contributed by atoms with Crippen molar-refractivity contribution in [2.45, 2.75) is 63.6 Å². The third-order valence-electron chi connectivity index (χ3n) is 4.99. The predicted octanol–water partition coefficient (Wildman–Crippen LogP) is 2.52. The molecule has 1 unspecified atom stereocenters. The molecule has 0 radical (unpaired) electrons. The summed E-state index contributed by atoms with van der Waals surface area (Å²) in [7, 11) is 11.2. The molecule has 0 aromatic heterocycles. The van der Waals surface area contributed by atoms with Gasteiger partial charge in [-0.15, -0.1) is 0 Å². The summed E-state index contributed by atoms with van der Waals surface area (Å²) in [5.41, 5.74) is 0. The van der Waals surface area contributed by atoms with Gasteiger partial charge in [-0.3, -0.25) is 0 Å². The van der Waals surface area contributed by atoms with Gasteiger partial charge in [-0.2, -0.15) is 0 Å². The van der Waals surface area contributed by atoms with Crippen LogP contribution in [0.3, 0.4) is 0 Å². The van der Waals surface area contributed by atoms with Crippen molar-refractivity contribution in [3.63, 3.8) is 0 Å². The molecule has 0 saturated heterocycles. The summed E-state index contributed by atoms with van der Waals surface area (Å²) in [5, 5.41) is 0. The highest BCUT2D eigenvalue weighted by Crippen LogP contribution is 2.25. The van der Waals surface area contributed by atoms with Crippen LogP contribution in [0, 0.1) is 0 Å². The minimum absolute atomic E-state index is 0.732. The average Bonchev–Trinajstić information content (AvgIpc) is 2.38. The third-order valence-corrected chi connectivity index (χ3v) is 4.99. The van der Waals surface area contributed by atoms with Crippen molar-refractivity contribution in [1.82, 2.24) is 14.7 Å². The van der Waals surface area contributed by atoms with Gasteiger partial charge in [-0.25, -0.2) is 0 Å². The van der Waals surface area contributed by atoms with E-state index in [1.54, 1.807) is 0 Å². The first-order valence-electron chi connectivity index (χ1n) is 7.98. The van der Waals surface area contributed by atoms with Gasteiger partial charge < -0.3 is 14.7 Å². The maximum absolute atomic E-state index is 2.61. The van der Waals surface area contributed by atoms with E-state index in [-0.39, 0.29) is 0 Å². The van der Waals surface area contributed by atoms with Crippen LogP contribution in [-0.4, -0.2) is 74.6 Å². The Morgan fingerprint density at radius 3 is 2.16 bits per heavy atom. The first kappa shape index (κ1) is 16.9. The van der Waals surface area contributed by atoms with Crippen molar-refractivity contribution in [2.75, 3.05) is 41.8 Å². The van der Waals surface area contributed by atoms with E-state index < -0.39 is 0 Å². The molecule has 1 fully saturated rings. The summed E-state index contributed by atoms with van der Waals surface area (Å²) in [6.45, 7) is 3.54. The monoisotopic (exact) mass is 269 g/mol. The third kappa shape index (κ3) is 5.41. The maximum atomic E-state index is 2.61. The van der Waals surface area contributed by atoms with E-state index in [0.717, 1.165) is 18.1 Å². The van der Waals surface area contributed by atoms with Crippen molar-refractivity contribution < 1.29 is 0 Å². The van der Waals surface area contributed by atoms with Crippen LogP contribution in [0.1, 0.15) is 45.4 Å². The zero-order valence-electron chi connectivity index (χ0n) is 14.0. The first-order valence-corrected chi connectivity index (χ1v) is 7.98. The Morgan fingerprint density at radius 2 is 1.63 bits per heavy atom. The minimum Gasteiger partial charge on any atom is -0.306 e. The molecule has 1 rings (SSSR count). The maximum Gasteiger partial charge on any atom is 0.0107 e. The van der Waals surface area contributed by atoms with Crippen LogP contribution in [0.15, 0.2) is 0 Å². The topological polar surface area (TPSA) is 9.72 Å². The SMILES string of the molecule is CCC(CCN(C)[C@@H]1CCC[C@H](N(C)C)C1)N(C)C. The summed E-state index contributed by atoms with van der Waals surface area (Å²) < 4.78 is 0. The first-order chi connectivity index (χ1) is 8.95. The standard InChI is InChI=1S/C16H35N3/c1-7-14(17(2)3)11-12-19(6)16-10-8-9-15(13-16)18(4)5/h14-16H,7-13H2,1-6H3/t14?,15-,16+/m0/s1. The number of hydrogen-bond acceptors (Lipinski definition) is 3. The molecule has 1 aliphatic carbocycles. The molecule has 3 heteroatoms. The van der Waals surface area contributed by atoms with Gasteiger partial charge in [0, 0.05) is 18.1 Å². The Balaban J connectivity index is 2.38. The Bertz CT molecular complexity index is 240. The molecule has 1 saturated carbocycles. The predicted molar refractivity (Wildman–Crippen MR) is 84.7 cm³/mol. The number of nitrogens with zero attached hydrogens (tertiary/aromatic N) is 3. The molecule has 0 heterocycles. The van der Waals surface area contributed by atoms with Crippen LogP contribution in [0.4, 0.5) is 0 Å². The quantitative estimate of drug-likeness (QED) is 0.703. The highest BCUT2D eigenvalue weighted by Gasteiger charge is 2.26. The molecule has 3 atom stereocenters. The van der Waals surface area contributed by atoms with E-state index in [1.165, 1.54) is 45.1 Å². The molecule has 0 aliphatic heterocycles. The van der Waals surface area contributed by atoms with Crippen LogP contribution in [0.2, 0.25) is 0 Å². The zero-order chi connectivity index (χ0) is 14.4. The van der Waals surface area contributed by atoms with Crippen LogP contribution >= 0.6 is 0 Å². The summed E-state index contributed by atoms with van der Waals surface area (Å²) in [6.07, 6.45) is 8.06. The molecule has 0 aromatic rings. The summed E-state index contributed by atoms with van der Waals surface area (Å²) >= 11 is 0. The lowest BCUT2D eigenvalue weighted by Crippen LogP contribution is -2.43. The van der Waals surface area contributed by atoms with Crippen LogP contribution in [0.25, 0.3) is 0 Å². The van der Waals surface area contributed by atoms with Crippen LogP contribution < -0.4 is 0 Å². The van der Waals surface area contributed by atoms with Crippen molar-refractivity contribution in [2.24, 2.45) is 0 Å². The van der Waals surface area contributed by atoms with Gasteiger partial charge in [0.1, 0.15) is 0 Å². The number of rotatable bonds is 7. The lowest BCUT2D eigenvalue weighted by Gasteiger charge is -2.38. The highest BCUT2D eigenvalue weighted by molar-refractivity contribution is 4.83. The number of hydrogen-bond donors (Lipinski definition) is 0. The van der Waals surface area contributed by atoms with Crippen molar-refractivity contribution in [1.29, 1.82) is 0 Å². The van der Waals surface area contributed by atoms with Crippen molar-refractivity contribution >= 4 is 0 Å². The van der Waals surface area contributed by atoms with E-state index in [0.29, 0.717) is 0 Å². The fourth-order valence-electron chi connectivity index (χ4n) is 3.37. The second kappa shape index (κ2) is 8.23. The van der Waals surface area contributed by atoms with E-state index in [1.807, 2.05) is 0 Å². The van der Waals surface area contributed by atoms with Crippen LogP contribution in [0.5, 0.6) is 0 Å². The summed E-state index contributed by atoms with van der Waals surface area (Å²) in [6, 6.07) is 2.31. The van der Waals surface area contributed by atoms with E-state index in [9.17, 15) is 0 Å². The van der Waals surface area contributed by atoms with Gasteiger partial charge in [0.25, 0.3) is 0 Å². The molecule has 0 bridgehead atoms. The van der Waals surface area contributed by atoms with Gasteiger partial charge >= 0.3 is 0 Å². The fourth-order valence-corrected chi connectivity index (χ4v) is 3.37. The summed E-state index contributed by atoms with van der Waals surface area (Å²) in [4.78, 5) is 7.40. The van der Waals surface area contributed by atoms with Gasteiger partial charge in [0.15, 0.2) is 0 Å². The second-order valence-corrected chi connectivity index (χ2v) is 6.73.